The number of nitriles is 1. The summed E-state index contributed by atoms with van der Waals surface area (Å²) in [6.07, 6.45) is 4.31. The van der Waals surface area contributed by atoms with E-state index in [1.54, 1.807) is 0 Å². The third-order valence-corrected chi connectivity index (χ3v) is 2.78. The minimum atomic E-state index is -0.563. The summed E-state index contributed by atoms with van der Waals surface area (Å²) in [6.45, 7) is 0. The number of hydrogen-bond acceptors (Lipinski definition) is 4. The van der Waals surface area contributed by atoms with E-state index in [1.807, 2.05) is 0 Å². The van der Waals surface area contributed by atoms with Crippen LogP contribution in [0.2, 0.25) is 0 Å². The van der Waals surface area contributed by atoms with Crippen LogP contribution in [-0.4, -0.2) is 25.0 Å². The molecule has 1 fully saturated rings. The smallest absolute Gasteiger partial charge is 0.328 e. The fourth-order valence-corrected chi connectivity index (χ4v) is 1.58. The molecule has 17 heavy (non-hydrogen) atoms. The van der Waals surface area contributed by atoms with Crippen molar-refractivity contribution in [3.63, 3.8) is 0 Å². The van der Waals surface area contributed by atoms with E-state index in [2.05, 4.69) is 16.1 Å². The molecule has 5 heteroatoms. The van der Waals surface area contributed by atoms with Crippen molar-refractivity contribution in [1.82, 2.24) is 5.32 Å². The van der Waals surface area contributed by atoms with E-state index < -0.39 is 12.0 Å². The maximum Gasteiger partial charge on any atom is 0.328 e. The van der Waals surface area contributed by atoms with Gasteiger partial charge in [0.05, 0.1) is 13.2 Å². The number of carbonyl (C=O) groups is 2. The molecule has 0 aromatic rings. The molecule has 0 spiro atoms. The van der Waals surface area contributed by atoms with Crippen LogP contribution in [0.5, 0.6) is 0 Å². The Morgan fingerprint density at radius 1 is 1.47 bits per heavy atom. The van der Waals surface area contributed by atoms with Gasteiger partial charge in [-0.2, -0.15) is 5.26 Å². The first-order valence-electron chi connectivity index (χ1n) is 5.94. The number of amides is 1. The van der Waals surface area contributed by atoms with Crippen LogP contribution in [0.1, 0.15) is 38.5 Å². The van der Waals surface area contributed by atoms with Crippen molar-refractivity contribution < 1.29 is 14.3 Å². The van der Waals surface area contributed by atoms with Gasteiger partial charge in [-0.05, 0) is 32.1 Å². The van der Waals surface area contributed by atoms with Gasteiger partial charge in [-0.25, -0.2) is 4.79 Å². The summed E-state index contributed by atoms with van der Waals surface area (Å²) in [6, 6.07) is 1.49. The molecule has 0 radical (unpaired) electrons. The molecule has 1 aliphatic carbocycles. The maximum atomic E-state index is 11.6. The number of nitrogens with one attached hydrogen (secondary N) is 1. The van der Waals surface area contributed by atoms with E-state index in [-0.39, 0.29) is 11.8 Å². The molecular formula is C12H18N2O3. The van der Waals surface area contributed by atoms with Crippen molar-refractivity contribution in [2.75, 3.05) is 7.11 Å². The number of nitrogens with zero attached hydrogens (tertiary/aromatic N) is 1. The van der Waals surface area contributed by atoms with E-state index in [1.165, 1.54) is 7.11 Å². The molecule has 5 nitrogen and oxygen atoms in total. The lowest BCUT2D eigenvalue weighted by molar-refractivity contribution is -0.145. The Morgan fingerprint density at radius 2 is 2.18 bits per heavy atom. The Morgan fingerprint density at radius 3 is 2.71 bits per heavy atom. The number of carbonyl (C=O) groups excluding carboxylic acids is 2. The summed E-state index contributed by atoms with van der Waals surface area (Å²) in [5.41, 5.74) is 0. The van der Waals surface area contributed by atoms with E-state index >= 15 is 0 Å². The summed E-state index contributed by atoms with van der Waals surface area (Å²) in [4.78, 5) is 23.0. The summed E-state index contributed by atoms with van der Waals surface area (Å²) in [5.74, 6) is -0.377. The third kappa shape index (κ3) is 4.85. The van der Waals surface area contributed by atoms with Crippen molar-refractivity contribution in [3.8, 4) is 6.07 Å². The van der Waals surface area contributed by atoms with E-state index in [0.29, 0.717) is 12.8 Å². The highest BCUT2D eigenvalue weighted by atomic mass is 16.5. The van der Waals surface area contributed by atoms with Crippen molar-refractivity contribution >= 4 is 11.9 Å². The number of hydrogen-bond donors (Lipinski definition) is 1. The second-order valence-electron chi connectivity index (χ2n) is 4.26. The zero-order valence-corrected chi connectivity index (χ0v) is 10.1. The van der Waals surface area contributed by atoms with Gasteiger partial charge in [0.2, 0.25) is 5.91 Å². The van der Waals surface area contributed by atoms with Crippen LogP contribution in [0.15, 0.2) is 0 Å². The minimum absolute atomic E-state index is 0.0549. The summed E-state index contributed by atoms with van der Waals surface area (Å²) >= 11 is 0. The lowest BCUT2D eigenvalue weighted by Gasteiger charge is -2.15. The van der Waals surface area contributed by atoms with Crippen LogP contribution in [0.25, 0.3) is 0 Å². The van der Waals surface area contributed by atoms with Gasteiger partial charge in [0.1, 0.15) is 6.04 Å². The fraction of sp³-hybridized carbons (Fsp3) is 0.750. The van der Waals surface area contributed by atoms with Gasteiger partial charge in [0.15, 0.2) is 0 Å². The summed E-state index contributed by atoms with van der Waals surface area (Å²) < 4.78 is 4.65. The van der Waals surface area contributed by atoms with E-state index in [4.69, 9.17) is 5.26 Å². The van der Waals surface area contributed by atoms with Crippen LogP contribution < -0.4 is 5.32 Å². The topological polar surface area (TPSA) is 79.2 Å². The van der Waals surface area contributed by atoms with Gasteiger partial charge >= 0.3 is 5.97 Å². The Balaban J connectivity index is 2.34. The zero-order valence-electron chi connectivity index (χ0n) is 10.1. The van der Waals surface area contributed by atoms with Gasteiger partial charge in [0.25, 0.3) is 0 Å². The largest absolute Gasteiger partial charge is 0.467 e. The Labute approximate surface area is 101 Å². The minimum Gasteiger partial charge on any atom is -0.467 e. The van der Waals surface area contributed by atoms with E-state index in [0.717, 1.165) is 25.7 Å². The number of methoxy groups -OCH3 is 1. The van der Waals surface area contributed by atoms with Crippen LogP contribution in [0.4, 0.5) is 0 Å². The van der Waals surface area contributed by atoms with Crippen LogP contribution in [0.3, 0.4) is 0 Å². The molecule has 1 amide bonds. The van der Waals surface area contributed by atoms with Gasteiger partial charge in [0, 0.05) is 12.3 Å². The van der Waals surface area contributed by atoms with Crippen molar-refractivity contribution in [2.45, 2.75) is 44.6 Å². The quantitative estimate of drug-likeness (QED) is 0.532. The second kappa shape index (κ2) is 6.89. The van der Waals surface area contributed by atoms with Crippen LogP contribution in [-0.2, 0) is 14.3 Å². The van der Waals surface area contributed by atoms with Crippen molar-refractivity contribution in [3.05, 3.63) is 0 Å². The number of rotatable bonds is 7. The lowest BCUT2D eigenvalue weighted by Crippen LogP contribution is -2.42. The lowest BCUT2D eigenvalue weighted by atomic mass is 10.1. The highest BCUT2D eigenvalue weighted by Gasteiger charge is 2.32. The highest BCUT2D eigenvalue weighted by Crippen LogP contribution is 2.29. The molecule has 94 valence electrons. The molecule has 0 unspecified atom stereocenters. The number of ether oxygens (including phenoxy) is 1. The zero-order chi connectivity index (χ0) is 12.7. The number of esters is 1. The first-order chi connectivity index (χ1) is 8.19. The molecule has 1 aliphatic rings. The second-order valence-corrected chi connectivity index (χ2v) is 4.26. The Bertz CT molecular complexity index is 318. The molecular weight excluding hydrogens is 220 g/mol. The van der Waals surface area contributed by atoms with Gasteiger partial charge in [-0.1, -0.05) is 0 Å². The standard InChI is InChI=1S/C12H18N2O3/c1-17-12(16)10(5-3-2-4-8-13)14-11(15)9-6-7-9/h9-10H,2-7H2,1H3,(H,14,15)/t10-/m1/s1. The van der Waals surface area contributed by atoms with E-state index in [9.17, 15) is 9.59 Å². The molecule has 0 aromatic heterocycles. The predicted molar refractivity (Wildman–Crippen MR) is 60.8 cm³/mol. The van der Waals surface area contributed by atoms with Crippen molar-refractivity contribution in [2.24, 2.45) is 5.92 Å². The molecule has 0 saturated heterocycles. The molecule has 1 saturated carbocycles. The molecule has 0 aromatic carbocycles. The van der Waals surface area contributed by atoms with Gasteiger partial charge in [-0.3, -0.25) is 4.79 Å². The maximum absolute atomic E-state index is 11.6. The Hall–Kier alpha value is -1.57. The van der Waals surface area contributed by atoms with Crippen LogP contribution in [0, 0.1) is 17.2 Å². The molecule has 0 bridgehead atoms. The average Bonchev–Trinajstić information content (AvgIpc) is 3.16. The fourth-order valence-electron chi connectivity index (χ4n) is 1.58. The first-order valence-corrected chi connectivity index (χ1v) is 5.94. The van der Waals surface area contributed by atoms with Crippen LogP contribution >= 0.6 is 0 Å². The monoisotopic (exact) mass is 238 g/mol. The molecule has 1 rings (SSSR count). The highest BCUT2D eigenvalue weighted by molar-refractivity contribution is 5.86. The SMILES string of the molecule is COC(=O)[C@@H](CCCCC#N)NC(=O)C1CC1. The predicted octanol–water partition coefficient (Wildman–Crippen LogP) is 1.14. The molecule has 0 heterocycles. The van der Waals surface area contributed by atoms with Gasteiger partial charge in [-0.15, -0.1) is 0 Å². The molecule has 1 N–H and O–H groups in total. The van der Waals surface area contributed by atoms with Gasteiger partial charge < -0.3 is 10.1 Å². The Kier molecular flexibility index (Phi) is 5.47. The normalized spacial score (nSPS) is 15.8. The molecule has 1 atom stereocenters. The summed E-state index contributed by atoms with van der Waals surface area (Å²) in [7, 11) is 1.31. The number of unbranched alkanes of at least 4 members (excludes halogenated alkanes) is 2. The first kappa shape index (κ1) is 13.5. The average molecular weight is 238 g/mol. The molecule has 0 aliphatic heterocycles. The summed E-state index contributed by atoms with van der Waals surface area (Å²) in [5, 5.41) is 11.1. The van der Waals surface area contributed by atoms with Crippen molar-refractivity contribution in [1.29, 1.82) is 5.26 Å². The third-order valence-electron chi connectivity index (χ3n) is 2.78.